The molecule has 3 heterocycles. The summed E-state index contributed by atoms with van der Waals surface area (Å²) >= 11 is 3.48. The molecule has 3 fully saturated rings. The normalized spacial score (nSPS) is 28.7. The van der Waals surface area contributed by atoms with Crippen molar-refractivity contribution in [3.05, 3.63) is 64.6 Å². The summed E-state index contributed by atoms with van der Waals surface area (Å²) in [6.07, 6.45) is 1.02. The number of hydrogen-bond acceptors (Lipinski definition) is 4. The van der Waals surface area contributed by atoms with Crippen molar-refractivity contribution in [3.8, 4) is 0 Å². The molecule has 2 amide bonds. The van der Waals surface area contributed by atoms with Gasteiger partial charge in [0.05, 0.1) is 17.6 Å². The molecular formula is C20H18BrN3O2. The standard InChI is InChI=1S/C20H18BrN3O2/c21-14-9-7-13(8-10-14)17-16-18(23-12-4-11-22(17)23)20(26)24(19(16)25)15-5-2-1-3-6-15/h1-3,5-10,16-18H,4,11-12H2/t16-,17+,18-/m0/s1. The van der Waals surface area contributed by atoms with Gasteiger partial charge in [0.25, 0.3) is 5.91 Å². The summed E-state index contributed by atoms with van der Waals surface area (Å²) in [7, 11) is 0. The first kappa shape index (κ1) is 16.2. The van der Waals surface area contributed by atoms with Crippen LogP contribution in [0.3, 0.4) is 0 Å². The number of benzene rings is 2. The Morgan fingerprint density at radius 1 is 0.808 bits per heavy atom. The number of para-hydroxylation sites is 1. The van der Waals surface area contributed by atoms with Gasteiger partial charge >= 0.3 is 0 Å². The number of carbonyl (C=O) groups is 2. The van der Waals surface area contributed by atoms with E-state index in [0.29, 0.717) is 5.69 Å². The van der Waals surface area contributed by atoms with Gasteiger partial charge in [0.15, 0.2) is 0 Å². The molecule has 0 spiro atoms. The van der Waals surface area contributed by atoms with E-state index in [1.807, 2.05) is 42.5 Å². The van der Waals surface area contributed by atoms with Gasteiger partial charge < -0.3 is 0 Å². The highest BCUT2D eigenvalue weighted by atomic mass is 79.9. The van der Waals surface area contributed by atoms with Crippen LogP contribution >= 0.6 is 15.9 Å². The predicted octanol–water partition coefficient (Wildman–Crippen LogP) is 2.98. The van der Waals surface area contributed by atoms with E-state index in [2.05, 4.69) is 38.1 Å². The minimum atomic E-state index is -0.390. The zero-order valence-electron chi connectivity index (χ0n) is 14.1. The number of imide groups is 1. The first-order valence-corrected chi connectivity index (χ1v) is 9.67. The summed E-state index contributed by atoms with van der Waals surface area (Å²) < 4.78 is 1.01. The molecule has 3 atom stereocenters. The monoisotopic (exact) mass is 411 g/mol. The lowest BCUT2D eigenvalue weighted by Crippen LogP contribution is -2.44. The number of anilines is 1. The zero-order chi connectivity index (χ0) is 17.8. The van der Waals surface area contributed by atoms with Crippen molar-refractivity contribution in [1.29, 1.82) is 0 Å². The Hall–Kier alpha value is -2.02. The highest BCUT2D eigenvalue weighted by Crippen LogP contribution is 2.48. The highest BCUT2D eigenvalue weighted by Gasteiger charge is 2.62. The summed E-state index contributed by atoms with van der Waals surface area (Å²) in [5.74, 6) is -0.546. The molecule has 3 saturated heterocycles. The van der Waals surface area contributed by atoms with Gasteiger partial charge in [-0.2, -0.15) is 0 Å². The zero-order valence-corrected chi connectivity index (χ0v) is 15.7. The van der Waals surface area contributed by atoms with E-state index in [-0.39, 0.29) is 29.8 Å². The molecule has 0 saturated carbocycles. The van der Waals surface area contributed by atoms with Crippen molar-refractivity contribution < 1.29 is 9.59 Å². The number of halogens is 1. The van der Waals surface area contributed by atoms with Crippen molar-refractivity contribution in [3.63, 3.8) is 0 Å². The maximum absolute atomic E-state index is 13.3. The third-order valence-corrected chi connectivity index (χ3v) is 6.16. The largest absolute Gasteiger partial charge is 0.274 e. The molecule has 3 aliphatic heterocycles. The molecule has 5 nitrogen and oxygen atoms in total. The van der Waals surface area contributed by atoms with Crippen LogP contribution < -0.4 is 4.90 Å². The Balaban J connectivity index is 1.59. The first-order valence-electron chi connectivity index (χ1n) is 8.88. The van der Waals surface area contributed by atoms with E-state index >= 15 is 0 Å². The molecule has 0 aliphatic carbocycles. The Bertz CT molecular complexity index is 870. The van der Waals surface area contributed by atoms with Gasteiger partial charge in [-0.15, -0.1) is 0 Å². The van der Waals surface area contributed by atoms with E-state index in [1.54, 1.807) is 0 Å². The third kappa shape index (κ3) is 2.22. The van der Waals surface area contributed by atoms with Gasteiger partial charge in [-0.05, 0) is 36.2 Å². The second-order valence-corrected chi connectivity index (χ2v) is 7.91. The highest BCUT2D eigenvalue weighted by molar-refractivity contribution is 9.10. The summed E-state index contributed by atoms with van der Waals surface area (Å²) in [4.78, 5) is 27.9. The van der Waals surface area contributed by atoms with Crippen LogP contribution in [0.4, 0.5) is 5.69 Å². The fraction of sp³-hybridized carbons (Fsp3) is 0.300. The van der Waals surface area contributed by atoms with Crippen molar-refractivity contribution in [2.75, 3.05) is 18.0 Å². The number of fused-ring (bicyclic) bond motifs is 3. The first-order chi connectivity index (χ1) is 12.7. The summed E-state index contributed by atoms with van der Waals surface area (Å²) in [5.41, 5.74) is 1.75. The van der Waals surface area contributed by atoms with Crippen LogP contribution in [-0.2, 0) is 9.59 Å². The van der Waals surface area contributed by atoms with Gasteiger partial charge in [-0.1, -0.05) is 46.3 Å². The van der Waals surface area contributed by atoms with Gasteiger partial charge in [0.1, 0.15) is 6.04 Å². The van der Waals surface area contributed by atoms with Crippen molar-refractivity contribution in [1.82, 2.24) is 10.0 Å². The molecular weight excluding hydrogens is 394 g/mol. The van der Waals surface area contributed by atoms with E-state index < -0.39 is 0 Å². The summed E-state index contributed by atoms with van der Waals surface area (Å²) in [6.45, 7) is 1.72. The fourth-order valence-electron chi connectivity index (χ4n) is 4.60. The van der Waals surface area contributed by atoms with E-state index in [1.165, 1.54) is 4.90 Å². The molecule has 0 aromatic heterocycles. The SMILES string of the molecule is O=C1[C@@H]2[C@@H](C(=O)N1c1ccccc1)N1CCCN1[C@@H]2c1ccc(Br)cc1. The number of rotatable bonds is 2. The second-order valence-electron chi connectivity index (χ2n) is 6.99. The number of hydrazine groups is 1. The minimum Gasteiger partial charge on any atom is -0.274 e. The third-order valence-electron chi connectivity index (χ3n) is 5.63. The fourth-order valence-corrected chi connectivity index (χ4v) is 4.87. The number of amides is 2. The van der Waals surface area contributed by atoms with Gasteiger partial charge in [0.2, 0.25) is 5.91 Å². The van der Waals surface area contributed by atoms with Crippen LogP contribution in [0.5, 0.6) is 0 Å². The molecule has 26 heavy (non-hydrogen) atoms. The van der Waals surface area contributed by atoms with Gasteiger partial charge in [0, 0.05) is 17.6 Å². The molecule has 0 unspecified atom stereocenters. The molecule has 6 heteroatoms. The van der Waals surface area contributed by atoms with E-state index in [4.69, 9.17) is 0 Å². The Morgan fingerprint density at radius 2 is 1.46 bits per heavy atom. The van der Waals surface area contributed by atoms with Gasteiger partial charge in [-0.3, -0.25) is 9.59 Å². The quantitative estimate of drug-likeness (QED) is 0.712. The lowest BCUT2D eigenvalue weighted by molar-refractivity contribution is -0.126. The maximum Gasteiger partial charge on any atom is 0.253 e. The van der Waals surface area contributed by atoms with Crippen LogP contribution in [0.15, 0.2) is 59.1 Å². The molecule has 0 radical (unpaired) electrons. The van der Waals surface area contributed by atoms with Crippen molar-refractivity contribution in [2.45, 2.75) is 18.5 Å². The lowest BCUT2D eigenvalue weighted by atomic mass is 9.90. The lowest BCUT2D eigenvalue weighted by Gasteiger charge is -2.29. The average Bonchev–Trinajstić information content (AvgIpc) is 3.29. The smallest absolute Gasteiger partial charge is 0.253 e. The summed E-state index contributed by atoms with van der Waals surface area (Å²) in [5, 5.41) is 4.36. The molecule has 132 valence electrons. The number of carbonyl (C=O) groups excluding carboxylic acids is 2. The Morgan fingerprint density at radius 3 is 2.15 bits per heavy atom. The molecule has 5 rings (SSSR count). The molecule has 0 N–H and O–H groups in total. The van der Waals surface area contributed by atoms with Crippen LogP contribution in [0.2, 0.25) is 0 Å². The molecule has 3 aliphatic rings. The number of nitrogens with zero attached hydrogens (tertiary/aromatic N) is 3. The van der Waals surface area contributed by atoms with Crippen molar-refractivity contribution >= 4 is 33.4 Å². The van der Waals surface area contributed by atoms with Crippen LogP contribution in [0.1, 0.15) is 18.0 Å². The Labute approximate surface area is 160 Å². The van der Waals surface area contributed by atoms with E-state index in [0.717, 1.165) is 29.5 Å². The van der Waals surface area contributed by atoms with Gasteiger partial charge in [-0.25, -0.2) is 14.9 Å². The van der Waals surface area contributed by atoms with Crippen LogP contribution in [0, 0.1) is 5.92 Å². The second kappa shape index (κ2) is 6.01. The van der Waals surface area contributed by atoms with Crippen LogP contribution in [-0.4, -0.2) is 41.0 Å². The number of hydrogen-bond donors (Lipinski definition) is 0. The average molecular weight is 412 g/mol. The molecule has 2 aromatic rings. The maximum atomic E-state index is 13.3. The van der Waals surface area contributed by atoms with Crippen molar-refractivity contribution in [2.24, 2.45) is 5.92 Å². The van der Waals surface area contributed by atoms with E-state index in [9.17, 15) is 9.59 Å². The molecule has 0 bridgehead atoms. The minimum absolute atomic E-state index is 0.0826. The topological polar surface area (TPSA) is 43.9 Å². The molecule has 2 aromatic carbocycles. The predicted molar refractivity (Wildman–Crippen MR) is 101 cm³/mol. The Kier molecular flexibility index (Phi) is 3.74. The summed E-state index contributed by atoms with van der Waals surface area (Å²) in [6, 6.07) is 16.9. The van der Waals surface area contributed by atoms with Crippen LogP contribution in [0.25, 0.3) is 0 Å².